The number of fused-ring (bicyclic) bond motifs is 1. The predicted molar refractivity (Wildman–Crippen MR) is 119 cm³/mol. The van der Waals surface area contributed by atoms with Crippen molar-refractivity contribution >= 4 is 23.2 Å². The summed E-state index contributed by atoms with van der Waals surface area (Å²) in [6.07, 6.45) is 0. The molecule has 4 rings (SSSR count). The summed E-state index contributed by atoms with van der Waals surface area (Å²) in [6, 6.07) is 12.4. The Morgan fingerprint density at radius 2 is 1.88 bits per heavy atom. The number of amides is 2. The molecule has 1 N–H and O–H groups in total. The molecule has 0 aromatic heterocycles. The highest BCUT2D eigenvalue weighted by Crippen LogP contribution is 2.34. The van der Waals surface area contributed by atoms with Gasteiger partial charge < -0.3 is 29.2 Å². The highest BCUT2D eigenvalue weighted by Gasteiger charge is 2.26. The van der Waals surface area contributed by atoms with Gasteiger partial charge in [0.15, 0.2) is 24.7 Å². The molecule has 2 heterocycles. The molecule has 0 unspecified atom stereocenters. The lowest BCUT2D eigenvalue weighted by molar-refractivity contribution is -0.121. The summed E-state index contributed by atoms with van der Waals surface area (Å²) in [5, 5.41) is 2.82. The molecule has 2 aromatic rings. The maximum Gasteiger partial charge on any atom is 0.265 e. The maximum absolute atomic E-state index is 12.5. The van der Waals surface area contributed by atoms with E-state index in [1.807, 2.05) is 12.1 Å². The maximum atomic E-state index is 12.5. The summed E-state index contributed by atoms with van der Waals surface area (Å²) in [6.45, 7) is 4.26. The Hall–Kier alpha value is -3.30. The van der Waals surface area contributed by atoms with Crippen molar-refractivity contribution < 1.29 is 28.5 Å². The molecule has 9 heteroatoms. The second-order valence-electron chi connectivity index (χ2n) is 7.46. The van der Waals surface area contributed by atoms with Gasteiger partial charge in [0.05, 0.1) is 26.0 Å². The first-order valence-corrected chi connectivity index (χ1v) is 10.6. The molecule has 2 aliphatic heterocycles. The van der Waals surface area contributed by atoms with Gasteiger partial charge in [-0.05, 0) is 30.3 Å². The zero-order valence-corrected chi connectivity index (χ0v) is 18.0. The molecule has 1 fully saturated rings. The average Bonchev–Trinajstić information content (AvgIpc) is 2.83. The van der Waals surface area contributed by atoms with Crippen LogP contribution in [0.1, 0.15) is 0 Å². The van der Waals surface area contributed by atoms with Crippen LogP contribution in [0.5, 0.6) is 17.2 Å². The molecule has 0 radical (unpaired) electrons. The van der Waals surface area contributed by atoms with Gasteiger partial charge in [-0.3, -0.25) is 14.5 Å². The van der Waals surface area contributed by atoms with Gasteiger partial charge in [0.25, 0.3) is 11.8 Å². The van der Waals surface area contributed by atoms with Crippen molar-refractivity contribution in [3.05, 3.63) is 42.5 Å². The Morgan fingerprint density at radius 1 is 1.09 bits per heavy atom. The van der Waals surface area contributed by atoms with Gasteiger partial charge in [-0.1, -0.05) is 12.1 Å². The lowest BCUT2D eigenvalue weighted by Gasteiger charge is -2.33. The number of hydrogen-bond acceptors (Lipinski definition) is 7. The second-order valence-corrected chi connectivity index (χ2v) is 7.46. The minimum Gasteiger partial charge on any atom is -0.493 e. The zero-order chi connectivity index (χ0) is 22.3. The first kappa shape index (κ1) is 21.9. The summed E-state index contributed by atoms with van der Waals surface area (Å²) >= 11 is 0. The molecule has 170 valence electrons. The zero-order valence-electron chi connectivity index (χ0n) is 18.0. The van der Waals surface area contributed by atoms with Crippen molar-refractivity contribution in [2.24, 2.45) is 0 Å². The van der Waals surface area contributed by atoms with E-state index >= 15 is 0 Å². The smallest absolute Gasteiger partial charge is 0.265 e. The fourth-order valence-corrected chi connectivity index (χ4v) is 3.67. The third-order valence-corrected chi connectivity index (χ3v) is 5.36. The van der Waals surface area contributed by atoms with Crippen LogP contribution in [0, 0.1) is 0 Å². The molecule has 0 saturated carbocycles. The molecule has 9 nitrogen and oxygen atoms in total. The van der Waals surface area contributed by atoms with Gasteiger partial charge >= 0.3 is 0 Å². The fourth-order valence-electron chi connectivity index (χ4n) is 3.67. The molecule has 2 aliphatic rings. The van der Waals surface area contributed by atoms with Crippen LogP contribution >= 0.6 is 0 Å². The number of hydrogen-bond donors (Lipinski definition) is 1. The van der Waals surface area contributed by atoms with Crippen LogP contribution in [0.25, 0.3) is 0 Å². The second kappa shape index (κ2) is 10.3. The summed E-state index contributed by atoms with van der Waals surface area (Å²) in [5.41, 5.74) is 1.21. The Balaban J connectivity index is 1.39. The largest absolute Gasteiger partial charge is 0.493 e. The van der Waals surface area contributed by atoms with Gasteiger partial charge in [-0.2, -0.15) is 0 Å². The summed E-state index contributed by atoms with van der Waals surface area (Å²) < 4.78 is 21.8. The van der Waals surface area contributed by atoms with Crippen LogP contribution < -0.4 is 24.4 Å². The number of morpholine rings is 1. The number of carbonyl (C=O) groups is 2. The van der Waals surface area contributed by atoms with Gasteiger partial charge in [0.1, 0.15) is 5.75 Å². The number of rotatable bonds is 8. The molecule has 1 saturated heterocycles. The van der Waals surface area contributed by atoms with E-state index in [1.54, 1.807) is 42.3 Å². The number of nitrogens with one attached hydrogen (secondary N) is 1. The van der Waals surface area contributed by atoms with E-state index in [0.29, 0.717) is 48.4 Å². The van der Waals surface area contributed by atoms with E-state index in [-0.39, 0.29) is 25.0 Å². The van der Waals surface area contributed by atoms with Gasteiger partial charge in [0, 0.05) is 31.9 Å². The highest BCUT2D eigenvalue weighted by atomic mass is 16.5. The monoisotopic (exact) mass is 441 g/mol. The van der Waals surface area contributed by atoms with E-state index < -0.39 is 0 Å². The van der Waals surface area contributed by atoms with Gasteiger partial charge in [-0.25, -0.2) is 0 Å². The van der Waals surface area contributed by atoms with Gasteiger partial charge in [0.2, 0.25) is 0 Å². The average molecular weight is 441 g/mol. The third kappa shape index (κ3) is 5.30. The standard InChI is InChI=1S/C23H27N3O6/c1-29-20-4-2-3-5-21(20)31-15-22(27)24-17-6-7-19-18(14-17)26(23(28)16-32-19)9-8-25-10-12-30-13-11-25/h2-7,14H,8-13,15-16H2,1H3,(H,24,27). The van der Waals surface area contributed by atoms with Crippen LogP contribution in [0.3, 0.4) is 0 Å². The number of carbonyl (C=O) groups excluding carboxylic acids is 2. The number of methoxy groups -OCH3 is 1. The quantitative estimate of drug-likeness (QED) is 0.668. The molecule has 0 aliphatic carbocycles. The molecule has 0 spiro atoms. The first-order chi connectivity index (χ1) is 15.6. The first-order valence-electron chi connectivity index (χ1n) is 10.6. The van der Waals surface area contributed by atoms with E-state index in [2.05, 4.69) is 10.2 Å². The van der Waals surface area contributed by atoms with Crippen molar-refractivity contribution in [3.8, 4) is 17.2 Å². The van der Waals surface area contributed by atoms with Crippen LogP contribution in [-0.4, -0.2) is 76.4 Å². The Kier molecular flexibility index (Phi) is 7.08. The lowest BCUT2D eigenvalue weighted by atomic mass is 10.2. The molecule has 32 heavy (non-hydrogen) atoms. The summed E-state index contributed by atoms with van der Waals surface area (Å²) in [7, 11) is 1.55. The SMILES string of the molecule is COc1ccccc1OCC(=O)Nc1ccc2c(c1)N(CCN1CCOCC1)C(=O)CO2. The molecule has 2 amide bonds. The van der Waals surface area contributed by atoms with Crippen LogP contribution in [0.2, 0.25) is 0 Å². The minimum atomic E-state index is -0.321. The number of anilines is 2. The van der Waals surface area contributed by atoms with Crippen molar-refractivity contribution in [2.45, 2.75) is 0 Å². The number of benzene rings is 2. The molecule has 2 aromatic carbocycles. The van der Waals surface area contributed by atoms with Crippen molar-refractivity contribution in [3.63, 3.8) is 0 Å². The van der Waals surface area contributed by atoms with Crippen LogP contribution in [0.4, 0.5) is 11.4 Å². The van der Waals surface area contributed by atoms with Crippen LogP contribution in [-0.2, 0) is 14.3 Å². The number of ether oxygens (including phenoxy) is 4. The molecule has 0 atom stereocenters. The highest BCUT2D eigenvalue weighted by molar-refractivity contribution is 5.99. The van der Waals surface area contributed by atoms with E-state index in [1.165, 1.54) is 0 Å². The minimum absolute atomic E-state index is 0.00850. The molecular weight excluding hydrogens is 414 g/mol. The Labute approximate surface area is 186 Å². The topological polar surface area (TPSA) is 89.6 Å². The lowest BCUT2D eigenvalue weighted by Crippen LogP contribution is -2.45. The van der Waals surface area contributed by atoms with Crippen LogP contribution in [0.15, 0.2) is 42.5 Å². The molecule has 0 bridgehead atoms. The van der Waals surface area contributed by atoms with Gasteiger partial charge in [-0.15, -0.1) is 0 Å². The summed E-state index contributed by atoms with van der Waals surface area (Å²) in [4.78, 5) is 28.9. The Bertz CT molecular complexity index is 960. The fraction of sp³-hybridized carbons (Fsp3) is 0.391. The van der Waals surface area contributed by atoms with Crippen molar-refractivity contribution in [1.29, 1.82) is 0 Å². The molecular formula is C23H27N3O6. The number of para-hydroxylation sites is 2. The van der Waals surface area contributed by atoms with E-state index in [9.17, 15) is 9.59 Å². The normalized spacial score (nSPS) is 16.2. The van der Waals surface area contributed by atoms with E-state index in [0.717, 1.165) is 19.6 Å². The Morgan fingerprint density at radius 3 is 2.66 bits per heavy atom. The third-order valence-electron chi connectivity index (χ3n) is 5.36. The number of nitrogens with zero attached hydrogens (tertiary/aromatic N) is 2. The summed E-state index contributed by atoms with van der Waals surface area (Å²) in [5.74, 6) is 1.24. The van der Waals surface area contributed by atoms with Crippen molar-refractivity contribution in [2.75, 3.05) is 69.9 Å². The van der Waals surface area contributed by atoms with Crippen molar-refractivity contribution in [1.82, 2.24) is 4.90 Å². The predicted octanol–water partition coefficient (Wildman–Crippen LogP) is 1.77. The van der Waals surface area contributed by atoms with E-state index in [4.69, 9.17) is 18.9 Å².